The fraction of sp³-hybridized carbons (Fsp3) is 0.0909. The van der Waals surface area contributed by atoms with Gasteiger partial charge in [0, 0.05) is 22.7 Å². The third kappa shape index (κ3) is 2.12. The van der Waals surface area contributed by atoms with Crippen LogP contribution in [0.25, 0.3) is 10.1 Å². The molecule has 2 rings (SSSR count). The molecular weight excluding hydrogens is 243 g/mol. The molecule has 0 atom stereocenters. The standard InChI is InChI=1S/C11H9FN2O2S/c1-13-14-5-7-6-4-10(11(15)16)17-9(6)3-2-8(7)12/h2-5,13H,1H3,(H,15,16)/b14-5+. The number of halogens is 1. The van der Waals surface area contributed by atoms with E-state index in [1.807, 2.05) is 0 Å². The number of rotatable bonds is 3. The van der Waals surface area contributed by atoms with Crippen LogP contribution in [0.1, 0.15) is 15.2 Å². The summed E-state index contributed by atoms with van der Waals surface area (Å²) in [5.41, 5.74) is 2.82. The van der Waals surface area contributed by atoms with E-state index in [2.05, 4.69) is 10.5 Å². The summed E-state index contributed by atoms with van der Waals surface area (Å²) in [6, 6.07) is 4.34. The molecule has 0 radical (unpaired) electrons. The lowest BCUT2D eigenvalue weighted by molar-refractivity contribution is 0.0702. The number of nitrogens with zero attached hydrogens (tertiary/aromatic N) is 1. The molecule has 0 aliphatic heterocycles. The molecule has 0 saturated heterocycles. The van der Waals surface area contributed by atoms with Crippen LogP contribution >= 0.6 is 11.3 Å². The summed E-state index contributed by atoms with van der Waals surface area (Å²) in [5.74, 6) is -1.44. The molecular formula is C11H9FN2O2S. The Hall–Kier alpha value is -1.95. The Morgan fingerprint density at radius 3 is 3.00 bits per heavy atom. The molecule has 1 aromatic heterocycles. The number of carboxylic acids is 1. The molecule has 0 amide bonds. The van der Waals surface area contributed by atoms with E-state index < -0.39 is 11.8 Å². The Kier molecular flexibility index (Phi) is 3.06. The van der Waals surface area contributed by atoms with Gasteiger partial charge in [0.05, 0.1) is 6.21 Å². The van der Waals surface area contributed by atoms with Crippen molar-refractivity contribution in [3.05, 3.63) is 34.5 Å². The van der Waals surface area contributed by atoms with Gasteiger partial charge in [-0.2, -0.15) is 5.10 Å². The van der Waals surface area contributed by atoms with Crippen LogP contribution in [0.5, 0.6) is 0 Å². The van der Waals surface area contributed by atoms with Crippen molar-refractivity contribution in [1.82, 2.24) is 5.43 Å². The van der Waals surface area contributed by atoms with Crippen LogP contribution < -0.4 is 5.43 Å². The minimum absolute atomic E-state index is 0.185. The molecule has 0 unspecified atom stereocenters. The number of carboxylic acid groups (broad SMARTS) is 1. The van der Waals surface area contributed by atoms with Gasteiger partial charge in [-0.3, -0.25) is 0 Å². The maximum atomic E-state index is 13.6. The first kappa shape index (κ1) is 11.5. The van der Waals surface area contributed by atoms with Gasteiger partial charge in [0.1, 0.15) is 10.7 Å². The van der Waals surface area contributed by atoms with Crippen LogP contribution in [0.4, 0.5) is 4.39 Å². The maximum absolute atomic E-state index is 13.6. The van der Waals surface area contributed by atoms with Gasteiger partial charge >= 0.3 is 5.97 Å². The fourth-order valence-electron chi connectivity index (χ4n) is 1.47. The molecule has 0 saturated carbocycles. The van der Waals surface area contributed by atoms with Crippen molar-refractivity contribution in [2.75, 3.05) is 7.05 Å². The highest BCUT2D eigenvalue weighted by molar-refractivity contribution is 7.20. The molecule has 88 valence electrons. The summed E-state index contributed by atoms with van der Waals surface area (Å²) in [5, 5.41) is 13.2. The normalized spacial score (nSPS) is 11.2. The van der Waals surface area contributed by atoms with E-state index in [0.717, 1.165) is 16.0 Å². The molecule has 4 nitrogen and oxygen atoms in total. The first-order valence-corrected chi connectivity index (χ1v) is 5.60. The molecule has 2 N–H and O–H groups in total. The van der Waals surface area contributed by atoms with Crippen molar-refractivity contribution in [3.8, 4) is 0 Å². The van der Waals surface area contributed by atoms with Crippen molar-refractivity contribution < 1.29 is 14.3 Å². The zero-order chi connectivity index (χ0) is 12.4. The lowest BCUT2D eigenvalue weighted by Crippen LogP contribution is -1.97. The SMILES string of the molecule is CN/N=C/c1c(F)ccc2sc(C(=O)O)cc12. The van der Waals surface area contributed by atoms with Crippen LogP contribution in [-0.2, 0) is 0 Å². The van der Waals surface area contributed by atoms with Gasteiger partial charge in [0.2, 0.25) is 0 Å². The summed E-state index contributed by atoms with van der Waals surface area (Å²) in [6.45, 7) is 0. The van der Waals surface area contributed by atoms with Crippen LogP contribution in [0.15, 0.2) is 23.3 Å². The van der Waals surface area contributed by atoms with Crippen molar-refractivity contribution >= 4 is 33.6 Å². The molecule has 6 heteroatoms. The van der Waals surface area contributed by atoms with Crippen LogP contribution in [0.3, 0.4) is 0 Å². The lowest BCUT2D eigenvalue weighted by Gasteiger charge is -1.98. The molecule has 17 heavy (non-hydrogen) atoms. The first-order chi connectivity index (χ1) is 8.13. The molecule has 1 heterocycles. The Labute approximate surface area is 100 Å². The lowest BCUT2D eigenvalue weighted by atomic mass is 10.1. The third-order valence-corrected chi connectivity index (χ3v) is 3.31. The summed E-state index contributed by atoms with van der Waals surface area (Å²) in [6.07, 6.45) is 1.34. The van der Waals surface area contributed by atoms with Gasteiger partial charge in [0.15, 0.2) is 0 Å². The quantitative estimate of drug-likeness (QED) is 0.650. The first-order valence-electron chi connectivity index (χ1n) is 4.78. The van der Waals surface area contributed by atoms with E-state index >= 15 is 0 Å². The van der Waals surface area contributed by atoms with Crippen LogP contribution in [0.2, 0.25) is 0 Å². The van der Waals surface area contributed by atoms with E-state index in [9.17, 15) is 9.18 Å². The Morgan fingerprint density at radius 1 is 1.59 bits per heavy atom. The number of aromatic carboxylic acids is 1. The van der Waals surface area contributed by atoms with E-state index in [1.165, 1.54) is 18.3 Å². The number of hydrogen-bond acceptors (Lipinski definition) is 4. The van der Waals surface area contributed by atoms with Crippen molar-refractivity contribution in [1.29, 1.82) is 0 Å². The summed E-state index contributed by atoms with van der Waals surface area (Å²) in [7, 11) is 1.60. The number of hydrazone groups is 1. The molecule has 1 aromatic carbocycles. The minimum atomic E-state index is -1.01. The largest absolute Gasteiger partial charge is 0.477 e. The molecule has 0 fully saturated rings. The number of carbonyl (C=O) groups is 1. The Bertz CT molecular complexity index is 607. The zero-order valence-corrected chi connectivity index (χ0v) is 9.71. The minimum Gasteiger partial charge on any atom is -0.477 e. The predicted octanol–water partition coefficient (Wildman–Crippen LogP) is 2.29. The van der Waals surface area contributed by atoms with E-state index in [-0.39, 0.29) is 4.88 Å². The highest BCUT2D eigenvalue weighted by atomic mass is 32.1. The number of thiophene rings is 1. The Morgan fingerprint density at radius 2 is 2.35 bits per heavy atom. The predicted molar refractivity (Wildman–Crippen MR) is 65.4 cm³/mol. The maximum Gasteiger partial charge on any atom is 0.345 e. The zero-order valence-electron chi connectivity index (χ0n) is 8.90. The van der Waals surface area contributed by atoms with Gasteiger partial charge in [-0.25, -0.2) is 9.18 Å². The number of hydrogen-bond donors (Lipinski definition) is 2. The van der Waals surface area contributed by atoms with Crippen molar-refractivity contribution in [2.24, 2.45) is 5.10 Å². The van der Waals surface area contributed by atoms with Gasteiger partial charge in [0.25, 0.3) is 0 Å². The summed E-state index contributed by atoms with van der Waals surface area (Å²) >= 11 is 1.11. The molecule has 0 bridgehead atoms. The Balaban J connectivity index is 2.67. The summed E-state index contributed by atoms with van der Waals surface area (Å²) in [4.78, 5) is 11.0. The second-order valence-electron chi connectivity index (χ2n) is 3.27. The smallest absolute Gasteiger partial charge is 0.345 e. The number of fused-ring (bicyclic) bond motifs is 1. The van der Waals surface area contributed by atoms with Gasteiger partial charge in [-0.05, 0) is 18.2 Å². The average Bonchev–Trinajstić information content (AvgIpc) is 2.72. The summed E-state index contributed by atoms with van der Waals surface area (Å²) < 4.78 is 14.3. The number of benzene rings is 1. The van der Waals surface area contributed by atoms with Gasteiger partial charge in [-0.15, -0.1) is 11.3 Å². The molecule has 0 aliphatic carbocycles. The average molecular weight is 252 g/mol. The third-order valence-electron chi connectivity index (χ3n) is 2.22. The van der Waals surface area contributed by atoms with Crippen LogP contribution in [0, 0.1) is 5.82 Å². The van der Waals surface area contributed by atoms with E-state index in [0.29, 0.717) is 10.9 Å². The fourth-order valence-corrected chi connectivity index (χ4v) is 2.39. The van der Waals surface area contributed by atoms with Crippen LogP contribution in [-0.4, -0.2) is 24.3 Å². The molecule has 0 aliphatic rings. The molecule has 2 aromatic rings. The van der Waals surface area contributed by atoms with Gasteiger partial charge in [-0.1, -0.05) is 0 Å². The highest BCUT2D eigenvalue weighted by Gasteiger charge is 2.13. The second-order valence-corrected chi connectivity index (χ2v) is 4.35. The topological polar surface area (TPSA) is 61.7 Å². The van der Waals surface area contributed by atoms with E-state index in [1.54, 1.807) is 13.1 Å². The monoisotopic (exact) mass is 252 g/mol. The van der Waals surface area contributed by atoms with Crippen molar-refractivity contribution in [2.45, 2.75) is 0 Å². The van der Waals surface area contributed by atoms with E-state index in [4.69, 9.17) is 5.11 Å². The molecule has 0 spiro atoms. The van der Waals surface area contributed by atoms with Gasteiger partial charge < -0.3 is 10.5 Å². The second kappa shape index (κ2) is 4.50. The van der Waals surface area contributed by atoms with Crippen molar-refractivity contribution in [3.63, 3.8) is 0 Å². The number of nitrogens with one attached hydrogen (secondary N) is 1. The highest BCUT2D eigenvalue weighted by Crippen LogP contribution is 2.29.